The van der Waals surface area contributed by atoms with Gasteiger partial charge in [-0.1, -0.05) is 13.3 Å². The molecule has 0 fully saturated rings. The summed E-state index contributed by atoms with van der Waals surface area (Å²) in [4.78, 5) is 18.9. The molecular formula is C11H14N4O2. The molecule has 0 aliphatic rings. The molecule has 0 saturated heterocycles. The van der Waals surface area contributed by atoms with Gasteiger partial charge in [-0.3, -0.25) is 0 Å². The monoisotopic (exact) mass is 234 g/mol. The van der Waals surface area contributed by atoms with E-state index in [1.165, 1.54) is 0 Å². The maximum absolute atomic E-state index is 11.0. The highest BCUT2D eigenvalue weighted by Gasteiger charge is 2.17. The van der Waals surface area contributed by atoms with Gasteiger partial charge in [0, 0.05) is 5.69 Å². The molecule has 1 aromatic rings. The van der Waals surface area contributed by atoms with Crippen LogP contribution in [0.25, 0.3) is 0 Å². The van der Waals surface area contributed by atoms with Crippen LogP contribution < -0.4 is 5.32 Å². The minimum atomic E-state index is -0.949. The first-order chi connectivity index (χ1) is 8.06. The average Bonchev–Trinajstić information content (AvgIpc) is 2.27. The van der Waals surface area contributed by atoms with Crippen LogP contribution in [-0.2, 0) is 4.79 Å². The van der Waals surface area contributed by atoms with Crippen molar-refractivity contribution in [2.24, 2.45) is 0 Å². The largest absolute Gasteiger partial charge is 0.480 e. The van der Waals surface area contributed by atoms with Crippen LogP contribution in [0.3, 0.4) is 0 Å². The van der Waals surface area contributed by atoms with E-state index < -0.39 is 12.0 Å². The predicted molar refractivity (Wildman–Crippen MR) is 61.4 cm³/mol. The molecule has 6 heteroatoms. The Kier molecular flexibility index (Phi) is 4.40. The second kappa shape index (κ2) is 5.80. The zero-order valence-electron chi connectivity index (χ0n) is 9.77. The molecule has 0 saturated carbocycles. The summed E-state index contributed by atoms with van der Waals surface area (Å²) >= 11 is 0. The van der Waals surface area contributed by atoms with E-state index in [9.17, 15) is 4.79 Å². The quantitative estimate of drug-likeness (QED) is 0.797. The summed E-state index contributed by atoms with van der Waals surface area (Å²) in [6.45, 7) is 3.62. The lowest BCUT2D eigenvalue weighted by Gasteiger charge is -2.13. The van der Waals surface area contributed by atoms with Gasteiger partial charge in [0.1, 0.15) is 17.8 Å². The predicted octanol–water partition coefficient (Wildman–Crippen LogP) is 1.32. The van der Waals surface area contributed by atoms with E-state index in [4.69, 9.17) is 10.4 Å². The first-order valence-electron chi connectivity index (χ1n) is 5.32. The van der Waals surface area contributed by atoms with Crippen molar-refractivity contribution in [2.45, 2.75) is 32.7 Å². The van der Waals surface area contributed by atoms with Crippen LogP contribution in [0.2, 0.25) is 0 Å². The van der Waals surface area contributed by atoms with Crippen LogP contribution in [0.15, 0.2) is 6.07 Å². The number of carbonyl (C=O) groups is 1. The lowest BCUT2D eigenvalue weighted by atomic mass is 10.2. The number of aliphatic carboxylic acids is 1. The number of nitriles is 1. The third kappa shape index (κ3) is 3.72. The molecule has 0 radical (unpaired) electrons. The van der Waals surface area contributed by atoms with Crippen molar-refractivity contribution in [3.05, 3.63) is 17.5 Å². The molecule has 1 unspecified atom stereocenters. The molecule has 6 nitrogen and oxygen atoms in total. The highest BCUT2D eigenvalue weighted by Crippen LogP contribution is 2.08. The third-order valence-corrected chi connectivity index (χ3v) is 2.15. The standard InChI is InChI=1S/C11H14N4O2/c1-3-4-9(10(16)17)15-11-13-7(2)5-8(6-12)14-11/h5,9H,3-4H2,1-2H3,(H,16,17)(H,13,14,15). The van der Waals surface area contributed by atoms with Gasteiger partial charge in [-0.05, 0) is 19.4 Å². The molecule has 1 rings (SSSR count). The molecule has 0 aromatic carbocycles. The number of aromatic nitrogens is 2. The van der Waals surface area contributed by atoms with Gasteiger partial charge in [-0.25, -0.2) is 14.8 Å². The number of aryl methyl sites for hydroxylation is 1. The van der Waals surface area contributed by atoms with Crippen molar-refractivity contribution in [1.29, 1.82) is 5.26 Å². The summed E-state index contributed by atoms with van der Waals surface area (Å²) in [5.74, 6) is -0.766. The Morgan fingerprint density at radius 3 is 2.88 bits per heavy atom. The summed E-state index contributed by atoms with van der Waals surface area (Å²) in [7, 11) is 0. The summed E-state index contributed by atoms with van der Waals surface area (Å²) in [6, 6.07) is 2.72. The van der Waals surface area contributed by atoms with Crippen molar-refractivity contribution < 1.29 is 9.90 Å². The fourth-order valence-corrected chi connectivity index (χ4v) is 1.39. The maximum atomic E-state index is 11.0. The fraction of sp³-hybridized carbons (Fsp3) is 0.455. The minimum Gasteiger partial charge on any atom is -0.480 e. The maximum Gasteiger partial charge on any atom is 0.326 e. The van der Waals surface area contributed by atoms with Gasteiger partial charge in [-0.2, -0.15) is 5.26 Å². The number of hydrogen-bond acceptors (Lipinski definition) is 5. The Labute approximate surface area is 99.3 Å². The zero-order valence-corrected chi connectivity index (χ0v) is 9.77. The number of carboxylic acid groups (broad SMARTS) is 1. The molecule has 1 atom stereocenters. The van der Waals surface area contributed by atoms with Crippen molar-refractivity contribution in [3.8, 4) is 6.07 Å². The SMILES string of the molecule is CCCC(Nc1nc(C)cc(C#N)n1)C(=O)O. The van der Waals surface area contributed by atoms with Gasteiger partial charge in [0.05, 0.1) is 0 Å². The van der Waals surface area contributed by atoms with Crippen LogP contribution in [0.4, 0.5) is 5.95 Å². The Morgan fingerprint density at radius 2 is 2.35 bits per heavy atom. The van der Waals surface area contributed by atoms with Crippen LogP contribution in [0.1, 0.15) is 31.2 Å². The Balaban J connectivity index is 2.89. The summed E-state index contributed by atoms with van der Waals surface area (Å²) in [5, 5.41) is 20.4. The summed E-state index contributed by atoms with van der Waals surface area (Å²) in [5.41, 5.74) is 0.848. The van der Waals surface area contributed by atoms with E-state index in [1.54, 1.807) is 13.0 Å². The average molecular weight is 234 g/mol. The first-order valence-corrected chi connectivity index (χ1v) is 5.32. The first kappa shape index (κ1) is 12.9. The van der Waals surface area contributed by atoms with E-state index in [0.29, 0.717) is 12.1 Å². The van der Waals surface area contributed by atoms with Gasteiger partial charge < -0.3 is 10.4 Å². The number of rotatable bonds is 5. The smallest absolute Gasteiger partial charge is 0.326 e. The lowest BCUT2D eigenvalue weighted by molar-refractivity contribution is -0.138. The van der Waals surface area contributed by atoms with Crippen molar-refractivity contribution >= 4 is 11.9 Å². The molecule has 2 N–H and O–H groups in total. The molecule has 17 heavy (non-hydrogen) atoms. The van der Waals surface area contributed by atoms with Crippen molar-refractivity contribution in [3.63, 3.8) is 0 Å². The van der Waals surface area contributed by atoms with Crippen LogP contribution in [0.5, 0.6) is 0 Å². The lowest BCUT2D eigenvalue weighted by Crippen LogP contribution is -2.30. The van der Waals surface area contributed by atoms with Crippen LogP contribution in [0, 0.1) is 18.3 Å². The normalized spacial score (nSPS) is 11.6. The van der Waals surface area contributed by atoms with Crippen LogP contribution in [-0.4, -0.2) is 27.1 Å². The Bertz CT molecular complexity index is 453. The third-order valence-electron chi connectivity index (χ3n) is 2.15. The van der Waals surface area contributed by atoms with Gasteiger partial charge >= 0.3 is 5.97 Å². The topological polar surface area (TPSA) is 98.9 Å². The number of nitrogens with one attached hydrogen (secondary N) is 1. The fourth-order valence-electron chi connectivity index (χ4n) is 1.39. The molecule has 1 heterocycles. The van der Waals surface area contributed by atoms with E-state index in [2.05, 4.69) is 15.3 Å². The minimum absolute atomic E-state index is 0.183. The summed E-state index contributed by atoms with van der Waals surface area (Å²) in [6.07, 6.45) is 1.22. The van der Waals surface area contributed by atoms with Crippen LogP contribution >= 0.6 is 0 Å². The molecule has 90 valence electrons. The molecule has 0 aliphatic heterocycles. The molecule has 0 amide bonds. The van der Waals surface area contributed by atoms with Gasteiger partial charge in [-0.15, -0.1) is 0 Å². The van der Waals surface area contributed by atoms with E-state index in [1.807, 2.05) is 13.0 Å². The van der Waals surface area contributed by atoms with E-state index in [0.717, 1.165) is 6.42 Å². The Morgan fingerprint density at radius 1 is 1.65 bits per heavy atom. The Hall–Kier alpha value is -2.16. The highest BCUT2D eigenvalue weighted by atomic mass is 16.4. The van der Waals surface area contributed by atoms with E-state index >= 15 is 0 Å². The second-order valence-electron chi connectivity index (χ2n) is 3.65. The second-order valence-corrected chi connectivity index (χ2v) is 3.65. The van der Waals surface area contributed by atoms with Gasteiger partial charge in [0.2, 0.25) is 5.95 Å². The number of hydrogen-bond donors (Lipinski definition) is 2. The molecule has 0 spiro atoms. The molecule has 0 aliphatic carbocycles. The summed E-state index contributed by atoms with van der Waals surface area (Å²) < 4.78 is 0. The van der Waals surface area contributed by atoms with Crippen molar-refractivity contribution in [1.82, 2.24) is 9.97 Å². The van der Waals surface area contributed by atoms with Gasteiger partial charge in [0.15, 0.2) is 0 Å². The highest BCUT2D eigenvalue weighted by molar-refractivity contribution is 5.76. The number of anilines is 1. The van der Waals surface area contributed by atoms with E-state index in [-0.39, 0.29) is 11.6 Å². The molecule has 1 aromatic heterocycles. The zero-order chi connectivity index (χ0) is 12.8. The number of nitrogens with zero attached hydrogens (tertiary/aromatic N) is 3. The number of carboxylic acids is 1. The van der Waals surface area contributed by atoms with Gasteiger partial charge in [0.25, 0.3) is 0 Å². The molecular weight excluding hydrogens is 220 g/mol. The molecule has 0 bridgehead atoms. The van der Waals surface area contributed by atoms with Crippen molar-refractivity contribution in [2.75, 3.05) is 5.32 Å².